The Hall–Kier alpha value is -2.11. The van der Waals surface area contributed by atoms with Crippen molar-refractivity contribution >= 4 is 11.9 Å². The molecule has 0 saturated carbocycles. The first-order valence-corrected chi connectivity index (χ1v) is 5.68. The van der Waals surface area contributed by atoms with E-state index in [1.165, 1.54) is 24.5 Å². The van der Waals surface area contributed by atoms with Crippen LogP contribution in [-0.4, -0.2) is 23.0 Å². The normalized spacial score (nSPS) is 13.7. The van der Waals surface area contributed by atoms with Gasteiger partial charge in [0.2, 0.25) is 0 Å². The summed E-state index contributed by atoms with van der Waals surface area (Å²) >= 11 is 0. The molecule has 0 aliphatic rings. The van der Waals surface area contributed by atoms with Crippen LogP contribution in [0, 0.1) is 11.1 Å². The predicted octanol–water partition coefficient (Wildman–Crippen LogP) is 0.549. The third-order valence-electron chi connectivity index (χ3n) is 2.83. The molecule has 0 aliphatic carbocycles. The van der Waals surface area contributed by atoms with E-state index in [-0.39, 0.29) is 11.5 Å². The first kappa shape index (κ1) is 14.0. The van der Waals surface area contributed by atoms with Crippen molar-refractivity contribution < 1.29 is 19.4 Å². The Morgan fingerprint density at radius 3 is 2.44 bits per heavy atom. The third-order valence-corrected chi connectivity index (χ3v) is 2.83. The number of hydrogen-bond donors (Lipinski definition) is 2. The average molecular weight is 252 g/mol. The number of nitrogens with one attached hydrogen (secondary N) is 1. The highest BCUT2D eigenvalue weighted by molar-refractivity contribution is 5.96. The molecule has 0 aromatic carbocycles. The topological polar surface area (TPSA) is 93.3 Å². The summed E-state index contributed by atoms with van der Waals surface area (Å²) in [4.78, 5) is 22.9. The summed E-state index contributed by atoms with van der Waals surface area (Å²) in [5, 5.41) is 22.3. The van der Waals surface area contributed by atoms with Gasteiger partial charge in [-0.2, -0.15) is 4.73 Å². The number of carbonyl (C=O) groups is 2. The summed E-state index contributed by atoms with van der Waals surface area (Å²) in [5.41, 5.74) is 0.261. The fraction of sp³-hybridized carbons (Fsp3) is 0.417. The maximum atomic E-state index is 11.8. The van der Waals surface area contributed by atoms with Crippen molar-refractivity contribution in [3.8, 4) is 0 Å². The van der Waals surface area contributed by atoms with Crippen molar-refractivity contribution in [2.45, 2.75) is 26.3 Å². The monoisotopic (exact) mass is 252 g/mol. The lowest BCUT2D eigenvalue weighted by atomic mass is 9.99. The van der Waals surface area contributed by atoms with Gasteiger partial charge in [0.25, 0.3) is 5.91 Å². The highest BCUT2D eigenvalue weighted by Crippen LogP contribution is 2.09. The van der Waals surface area contributed by atoms with Gasteiger partial charge in [-0.1, -0.05) is 20.3 Å². The Balaban J connectivity index is 2.78. The van der Waals surface area contributed by atoms with Crippen molar-refractivity contribution in [2.75, 3.05) is 0 Å². The number of pyridine rings is 1. The van der Waals surface area contributed by atoms with Gasteiger partial charge in [-0.15, -0.1) is 0 Å². The zero-order valence-corrected chi connectivity index (χ0v) is 10.3. The number of rotatable bonds is 5. The molecule has 0 bridgehead atoms. The molecule has 0 aliphatic heterocycles. The summed E-state index contributed by atoms with van der Waals surface area (Å²) in [6.45, 7) is 3.62. The zero-order valence-electron chi connectivity index (χ0n) is 10.3. The lowest BCUT2D eigenvalue weighted by Crippen LogP contribution is -2.45. The van der Waals surface area contributed by atoms with Crippen LogP contribution in [0.4, 0.5) is 0 Å². The Bertz CT molecular complexity index is 430. The third kappa shape index (κ3) is 3.44. The minimum atomic E-state index is -1.06. The summed E-state index contributed by atoms with van der Waals surface area (Å²) < 4.78 is 0.556. The zero-order chi connectivity index (χ0) is 13.7. The fourth-order valence-corrected chi connectivity index (χ4v) is 1.47. The quantitative estimate of drug-likeness (QED) is 0.591. The summed E-state index contributed by atoms with van der Waals surface area (Å²) in [6, 6.07) is 1.76. The predicted molar refractivity (Wildman–Crippen MR) is 63.7 cm³/mol. The second kappa shape index (κ2) is 6.00. The van der Waals surface area contributed by atoms with E-state index < -0.39 is 17.9 Å². The van der Waals surface area contributed by atoms with E-state index in [4.69, 9.17) is 5.11 Å². The molecule has 2 atom stereocenters. The van der Waals surface area contributed by atoms with E-state index >= 15 is 0 Å². The summed E-state index contributed by atoms with van der Waals surface area (Å²) in [6.07, 6.45) is 3.02. The molecule has 1 aromatic rings. The number of carboxylic acids is 1. The molecule has 1 rings (SSSR count). The lowest BCUT2D eigenvalue weighted by molar-refractivity contribution is -0.605. The number of aliphatic carboxylic acids is 1. The summed E-state index contributed by atoms with van der Waals surface area (Å²) in [5.74, 6) is -1.73. The fourth-order valence-electron chi connectivity index (χ4n) is 1.47. The van der Waals surface area contributed by atoms with Crippen molar-refractivity contribution in [1.29, 1.82) is 0 Å². The van der Waals surface area contributed by atoms with E-state index in [1.807, 2.05) is 6.92 Å². The molecule has 1 aromatic heterocycles. The first-order valence-electron chi connectivity index (χ1n) is 5.68. The maximum absolute atomic E-state index is 11.8. The van der Waals surface area contributed by atoms with Crippen LogP contribution >= 0.6 is 0 Å². The Kier molecular flexibility index (Phi) is 4.65. The number of aromatic nitrogens is 1. The molecular weight excluding hydrogens is 236 g/mol. The number of nitrogens with zero attached hydrogens (tertiary/aromatic N) is 1. The second-order valence-electron chi connectivity index (χ2n) is 4.12. The van der Waals surface area contributed by atoms with E-state index in [0.29, 0.717) is 11.2 Å². The van der Waals surface area contributed by atoms with Gasteiger partial charge in [-0.3, -0.25) is 4.79 Å². The van der Waals surface area contributed by atoms with E-state index in [1.54, 1.807) is 6.92 Å². The van der Waals surface area contributed by atoms with Gasteiger partial charge in [0, 0.05) is 12.1 Å². The standard InChI is InChI=1S/C12H16N2O4/c1-3-8(2)10(12(16)17)13-11(15)9-4-6-14(18)7-5-9/h4-8,10H,3H2,1-2H3,(H,13,15)(H,16,17)/t8-,10-/m0/s1. The molecule has 2 N–H and O–H groups in total. The molecule has 0 fully saturated rings. The number of amides is 1. The van der Waals surface area contributed by atoms with Gasteiger partial charge in [-0.25, -0.2) is 4.79 Å². The van der Waals surface area contributed by atoms with Gasteiger partial charge in [0.05, 0.1) is 5.56 Å². The van der Waals surface area contributed by atoms with Crippen molar-refractivity contribution in [3.05, 3.63) is 35.3 Å². The minimum Gasteiger partial charge on any atom is -0.619 e. The molecule has 1 amide bonds. The second-order valence-corrected chi connectivity index (χ2v) is 4.12. The largest absolute Gasteiger partial charge is 0.619 e. The van der Waals surface area contributed by atoms with Crippen LogP contribution in [-0.2, 0) is 4.79 Å². The van der Waals surface area contributed by atoms with Crippen molar-refractivity contribution in [2.24, 2.45) is 5.92 Å². The Labute approximate surface area is 105 Å². The molecule has 6 heteroatoms. The lowest BCUT2D eigenvalue weighted by Gasteiger charge is -2.19. The number of carboxylic acid groups (broad SMARTS) is 1. The van der Waals surface area contributed by atoms with E-state index in [9.17, 15) is 14.8 Å². The van der Waals surface area contributed by atoms with Crippen molar-refractivity contribution in [1.82, 2.24) is 5.32 Å². The molecule has 0 saturated heterocycles. The average Bonchev–Trinajstić information content (AvgIpc) is 2.35. The van der Waals surface area contributed by atoms with Crippen LogP contribution < -0.4 is 10.0 Å². The molecule has 0 spiro atoms. The molecule has 6 nitrogen and oxygen atoms in total. The smallest absolute Gasteiger partial charge is 0.326 e. The van der Waals surface area contributed by atoms with Gasteiger partial charge < -0.3 is 15.6 Å². The van der Waals surface area contributed by atoms with Crippen LogP contribution in [0.1, 0.15) is 30.6 Å². The Morgan fingerprint density at radius 1 is 1.44 bits per heavy atom. The molecule has 0 radical (unpaired) electrons. The van der Waals surface area contributed by atoms with E-state index in [0.717, 1.165) is 0 Å². The molecule has 98 valence electrons. The summed E-state index contributed by atoms with van der Waals surface area (Å²) in [7, 11) is 0. The minimum absolute atomic E-state index is 0.167. The van der Waals surface area contributed by atoms with Gasteiger partial charge in [-0.05, 0) is 5.92 Å². The van der Waals surface area contributed by atoms with Crippen LogP contribution in [0.25, 0.3) is 0 Å². The van der Waals surface area contributed by atoms with Crippen LogP contribution in [0.5, 0.6) is 0 Å². The first-order chi connectivity index (χ1) is 8.45. The molecule has 0 unspecified atom stereocenters. The number of carbonyl (C=O) groups excluding carboxylic acids is 1. The highest BCUT2D eigenvalue weighted by atomic mass is 16.5. The van der Waals surface area contributed by atoms with Gasteiger partial charge in [0.1, 0.15) is 6.04 Å². The van der Waals surface area contributed by atoms with E-state index in [2.05, 4.69) is 5.32 Å². The molecule has 1 heterocycles. The van der Waals surface area contributed by atoms with Gasteiger partial charge >= 0.3 is 5.97 Å². The molecule has 18 heavy (non-hydrogen) atoms. The Morgan fingerprint density at radius 2 is 2.00 bits per heavy atom. The maximum Gasteiger partial charge on any atom is 0.326 e. The van der Waals surface area contributed by atoms with Crippen LogP contribution in [0.15, 0.2) is 24.5 Å². The van der Waals surface area contributed by atoms with Crippen LogP contribution in [0.3, 0.4) is 0 Å². The van der Waals surface area contributed by atoms with Gasteiger partial charge in [0.15, 0.2) is 12.4 Å². The SMILES string of the molecule is CC[C@H](C)[C@H](NC(=O)c1cc[n+]([O-])cc1)C(=O)O. The van der Waals surface area contributed by atoms with Crippen LogP contribution in [0.2, 0.25) is 0 Å². The highest BCUT2D eigenvalue weighted by Gasteiger charge is 2.25. The number of hydrogen-bond acceptors (Lipinski definition) is 3. The molecular formula is C12H16N2O4. The van der Waals surface area contributed by atoms with Crippen molar-refractivity contribution in [3.63, 3.8) is 0 Å².